The van der Waals surface area contributed by atoms with Crippen molar-refractivity contribution in [1.29, 1.82) is 0 Å². The van der Waals surface area contributed by atoms with Gasteiger partial charge in [-0.25, -0.2) is 4.79 Å². The molecule has 0 aromatic rings. The van der Waals surface area contributed by atoms with Gasteiger partial charge >= 0.3 is 12.0 Å². The standard InChI is InChI=1S/C18H29BrN2O7/c1-4-7-8-14(23)27-10-12-11(22)9-13(28-12)21-16(26-6-3)18(19,5-2)15(24)20-17(21)25/h11-13,16,22H,4-10H2,1-3H3,(H,20,24,25)/t11-,12+,13+,16+,18-/m0/s1. The average molecular weight is 465 g/mol. The van der Waals surface area contributed by atoms with Gasteiger partial charge in [-0.3, -0.25) is 19.8 Å². The van der Waals surface area contributed by atoms with Crippen LogP contribution in [0.2, 0.25) is 0 Å². The number of rotatable bonds is 9. The lowest BCUT2D eigenvalue weighted by atomic mass is 9.99. The molecule has 0 unspecified atom stereocenters. The summed E-state index contributed by atoms with van der Waals surface area (Å²) in [5, 5.41) is 12.6. The minimum Gasteiger partial charge on any atom is -0.463 e. The summed E-state index contributed by atoms with van der Waals surface area (Å²) in [5.74, 6) is -0.824. The van der Waals surface area contributed by atoms with E-state index in [4.69, 9.17) is 14.2 Å². The molecular formula is C18H29BrN2O7. The first kappa shape index (κ1) is 23.1. The number of aliphatic hydroxyl groups excluding tert-OH is 1. The van der Waals surface area contributed by atoms with Gasteiger partial charge in [0.05, 0.1) is 6.10 Å². The quantitative estimate of drug-likeness (QED) is 0.393. The van der Waals surface area contributed by atoms with E-state index in [0.29, 0.717) is 12.8 Å². The molecule has 2 N–H and O–H groups in total. The Labute approximate surface area is 173 Å². The SMILES string of the molecule is CCCCC(=O)OC[C@H]1O[C@@H](N2C(=O)NC(=O)[C@@](Br)(CC)[C@H]2OCC)C[C@@H]1O. The Balaban J connectivity index is 2.09. The highest BCUT2D eigenvalue weighted by atomic mass is 79.9. The fourth-order valence-electron chi connectivity index (χ4n) is 3.30. The van der Waals surface area contributed by atoms with Gasteiger partial charge in [-0.1, -0.05) is 36.2 Å². The molecule has 2 rings (SSSR count). The van der Waals surface area contributed by atoms with E-state index in [2.05, 4.69) is 21.2 Å². The van der Waals surface area contributed by atoms with Crippen molar-refractivity contribution >= 4 is 33.8 Å². The summed E-state index contributed by atoms with van der Waals surface area (Å²) in [6.45, 7) is 5.73. The highest BCUT2D eigenvalue weighted by Crippen LogP contribution is 2.38. The zero-order valence-corrected chi connectivity index (χ0v) is 18.1. The second kappa shape index (κ2) is 10.00. The number of unbranched alkanes of at least 4 members (excludes halogenated alkanes) is 1. The Kier molecular flexibility index (Phi) is 8.23. The van der Waals surface area contributed by atoms with Crippen LogP contribution in [-0.4, -0.2) is 70.1 Å². The lowest BCUT2D eigenvalue weighted by molar-refractivity contribution is -0.167. The van der Waals surface area contributed by atoms with Gasteiger partial charge in [0.15, 0.2) is 6.23 Å². The summed E-state index contributed by atoms with van der Waals surface area (Å²) >= 11 is 3.43. The van der Waals surface area contributed by atoms with E-state index < -0.39 is 40.9 Å². The van der Waals surface area contributed by atoms with Crippen molar-refractivity contribution in [1.82, 2.24) is 10.2 Å². The van der Waals surface area contributed by atoms with E-state index in [9.17, 15) is 19.5 Å². The van der Waals surface area contributed by atoms with E-state index in [1.54, 1.807) is 13.8 Å². The summed E-state index contributed by atoms with van der Waals surface area (Å²) in [4.78, 5) is 37.9. The molecule has 0 aromatic carbocycles. The molecule has 9 nitrogen and oxygen atoms in total. The molecule has 5 atom stereocenters. The molecule has 0 spiro atoms. The van der Waals surface area contributed by atoms with Crippen molar-refractivity contribution in [3.63, 3.8) is 0 Å². The van der Waals surface area contributed by atoms with E-state index >= 15 is 0 Å². The maximum Gasteiger partial charge on any atom is 0.328 e. The number of hydrogen-bond donors (Lipinski definition) is 2. The van der Waals surface area contributed by atoms with Crippen molar-refractivity contribution in [2.75, 3.05) is 13.2 Å². The van der Waals surface area contributed by atoms with Gasteiger partial charge in [0.2, 0.25) is 5.91 Å². The van der Waals surface area contributed by atoms with Gasteiger partial charge in [-0.15, -0.1) is 0 Å². The number of alkyl halides is 1. The van der Waals surface area contributed by atoms with Gasteiger partial charge in [0.25, 0.3) is 0 Å². The van der Waals surface area contributed by atoms with Gasteiger partial charge in [-0.2, -0.15) is 0 Å². The van der Waals surface area contributed by atoms with E-state index in [0.717, 1.165) is 12.8 Å². The largest absolute Gasteiger partial charge is 0.463 e. The van der Waals surface area contributed by atoms with Crippen molar-refractivity contribution < 1.29 is 33.7 Å². The molecule has 160 valence electrons. The van der Waals surface area contributed by atoms with Crippen LogP contribution >= 0.6 is 15.9 Å². The topological polar surface area (TPSA) is 114 Å². The zero-order valence-electron chi connectivity index (χ0n) is 16.5. The number of amides is 3. The third kappa shape index (κ3) is 4.84. The first-order chi connectivity index (χ1) is 13.3. The number of nitrogens with one attached hydrogen (secondary N) is 1. The average Bonchev–Trinajstić information content (AvgIpc) is 3.02. The summed E-state index contributed by atoms with van der Waals surface area (Å²) in [6, 6.07) is -0.648. The molecule has 2 fully saturated rings. The molecule has 10 heteroatoms. The number of urea groups is 1. The number of nitrogens with zero attached hydrogens (tertiary/aromatic N) is 1. The summed E-state index contributed by atoms with van der Waals surface area (Å²) < 4.78 is 15.6. The fourth-order valence-corrected chi connectivity index (χ4v) is 3.75. The second-order valence-corrected chi connectivity index (χ2v) is 8.32. The number of halogens is 1. The summed E-state index contributed by atoms with van der Waals surface area (Å²) in [6.07, 6.45) is -0.956. The Morgan fingerprint density at radius 1 is 1.39 bits per heavy atom. The fraction of sp³-hybridized carbons (Fsp3) is 0.833. The molecule has 2 aliphatic rings. The lowest BCUT2D eigenvalue weighted by Gasteiger charge is -2.46. The van der Waals surface area contributed by atoms with E-state index in [1.165, 1.54) is 4.90 Å². The van der Waals surface area contributed by atoms with Gasteiger partial charge in [-0.05, 0) is 19.8 Å². The van der Waals surface area contributed by atoms with Crippen molar-refractivity contribution in [2.45, 2.75) is 81.9 Å². The highest BCUT2D eigenvalue weighted by Gasteiger charge is 2.56. The number of imide groups is 1. The molecule has 2 saturated heterocycles. The van der Waals surface area contributed by atoms with Gasteiger partial charge < -0.3 is 19.3 Å². The minimum atomic E-state index is -1.13. The third-order valence-corrected chi connectivity index (χ3v) is 6.29. The van der Waals surface area contributed by atoms with Crippen LogP contribution in [0.3, 0.4) is 0 Å². The Morgan fingerprint density at radius 3 is 2.71 bits per heavy atom. The van der Waals surface area contributed by atoms with Crippen LogP contribution in [0.1, 0.15) is 52.9 Å². The van der Waals surface area contributed by atoms with E-state index in [1.807, 2.05) is 6.92 Å². The predicted octanol–water partition coefficient (Wildman–Crippen LogP) is 1.65. The number of aliphatic hydroxyl groups is 1. The lowest BCUT2D eigenvalue weighted by Crippen LogP contribution is -2.70. The number of carbonyl (C=O) groups is 3. The number of hydrogen-bond acceptors (Lipinski definition) is 7. The van der Waals surface area contributed by atoms with Crippen LogP contribution in [-0.2, 0) is 23.8 Å². The number of esters is 1. The van der Waals surface area contributed by atoms with Crippen LogP contribution in [0.5, 0.6) is 0 Å². The zero-order chi connectivity index (χ0) is 20.9. The van der Waals surface area contributed by atoms with Crippen LogP contribution < -0.4 is 5.32 Å². The molecule has 0 bridgehead atoms. The molecule has 3 amide bonds. The Morgan fingerprint density at radius 2 is 2.11 bits per heavy atom. The van der Waals surface area contributed by atoms with Gasteiger partial charge in [0.1, 0.15) is 23.3 Å². The number of ether oxygens (including phenoxy) is 3. The third-order valence-electron chi connectivity index (χ3n) is 4.97. The molecular weight excluding hydrogens is 436 g/mol. The van der Waals surface area contributed by atoms with Crippen molar-refractivity contribution in [3.05, 3.63) is 0 Å². The molecule has 0 radical (unpaired) electrons. The molecule has 2 aliphatic heterocycles. The second-order valence-electron chi connectivity index (χ2n) is 6.91. The maximum absolute atomic E-state index is 12.5. The monoisotopic (exact) mass is 464 g/mol. The van der Waals surface area contributed by atoms with Crippen LogP contribution in [0, 0.1) is 0 Å². The maximum atomic E-state index is 12.5. The molecule has 0 saturated carbocycles. The van der Waals surface area contributed by atoms with Crippen molar-refractivity contribution in [2.24, 2.45) is 0 Å². The van der Waals surface area contributed by atoms with Crippen LogP contribution in [0.25, 0.3) is 0 Å². The first-order valence-electron chi connectivity index (χ1n) is 9.71. The Hall–Kier alpha value is -1.23. The smallest absolute Gasteiger partial charge is 0.328 e. The van der Waals surface area contributed by atoms with Crippen LogP contribution in [0.15, 0.2) is 0 Å². The van der Waals surface area contributed by atoms with Crippen LogP contribution in [0.4, 0.5) is 4.79 Å². The van der Waals surface area contributed by atoms with Gasteiger partial charge in [0, 0.05) is 19.4 Å². The molecule has 0 aliphatic carbocycles. The van der Waals surface area contributed by atoms with E-state index in [-0.39, 0.29) is 25.6 Å². The van der Waals surface area contributed by atoms with Crippen molar-refractivity contribution in [3.8, 4) is 0 Å². The molecule has 28 heavy (non-hydrogen) atoms. The highest BCUT2D eigenvalue weighted by molar-refractivity contribution is 9.10. The summed E-state index contributed by atoms with van der Waals surface area (Å²) in [5.41, 5.74) is 0. The molecule has 2 heterocycles. The predicted molar refractivity (Wildman–Crippen MR) is 103 cm³/mol. The molecule has 0 aromatic heterocycles. The normalized spacial score (nSPS) is 33.1. The Bertz CT molecular complexity index is 590. The number of carbonyl (C=O) groups excluding carboxylic acids is 3. The minimum absolute atomic E-state index is 0.0961. The first-order valence-corrected chi connectivity index (χ1v) is 10.5. The summed E-state index contributed by atoms with van der Waals surface area (Å²) in [7, 11) is 0.